The van der Waals surface area contributed by atoms with Crippen LogP contribution in [-0.4, -0.2) is 5.11 Å². The van der Waals surface area contributed by atoms with Gasteiger partial charge in [0, 0.05) is 21.6 Å². The zero-order valence-electron chi connectivity index (χ0n) is 13.3. The Balaban J connectivity index is 1.86. The van der Waals surface area contributed by atoms with Gasteiger partial charge in [0.25, 0.3) is 0 Å². The third-order valence-electron chi connectivity index (χ3n) is 5.14. The summed E-state index contributed by atoms with van der Waals surface area (Å²) in [5.41, 5.74) is 6.19. The maximum Gasteiger partial charge on any atom is 0.120 e. The molecule has 0 radical (unpaired) electrons. The molecule has 3 heteroatoms. The Morgan fingerprint density at radius 3 is 2.78 bits per heavy atom. The summed E-state index contributed by atoms with van der Waals surface area (Å²) in [5.74, 6) is 1.24. The Hall–Kier alpha value is -1.74. The number of anilines is 1. The van der Waals surface area contributed by atoms with Gasteiger partial charge in [0.2, 0.25) is 0 Å². The summed E-state index contributed by atoms with van der Waals surface area (Å²) in [6.07, 6.45) is 5.66. The van der Waals surface area contributed by atoms with E-state index >= 15 is 0 Å². The fraction of sp³-hybridized carbons (Fsp3) is 0.300. The summed E-state index contributed by atoms with van der Waals surface area (Å²) in [6.45, 7) is 4.32. The summed E-state index contributed by atoms with van der Waals surface area (Å²) < 4.78 is 1.00. The number of aromatic hydroxyl groups is 1. The lowest BCUT2D eigenvalue weighted by Gasteiger charge is -2.38. The van der Waals surface area contributed by atoms with Crippen molar-refractivity contribution in [3.05, 3.63) is 69.2 Å². The lowest BCUT2D eigenvalue weighted by atomic mass is 9.76. The lowest BCUT2D eigenvalue weighted by Crippen LogP contribution is -2.29. The second-order valence-electron chi connectivity index (χ2n) is 6.72. The fourth-order valence-electron chi connectivity index (χ4n) is 4.16. The minimum atomic E-state index is 0.126. The van der Waals surface area contributed by atoms with Crippen LogP contribution in [0, 0.1) is 19.8 Å². The van der Waals surface area contributed by atoms with Crippen molar-refractivity contribution in [1.29, 1.82) is 0 Å². The highest BCUT2D eigenvalue weighted by atomic mass is 79.9. The molecule has 0 saturated carbocycles. The maximum atomic E-state index is 10.4. The van der Waals surface area contributed by atoms with Crippen molar-refractivity contribution in [2.45, 2.75) is 32.2 Å². The van der Waals surface area contributed by atoms with Crippen molar-refractivity contribution in [1.82, 2.24) is 0 Å². The van der Waals surface area contributed by atoms with Gasteiger partial charge in [-0.25, -0.2) is 0 Å². The van der Waals surface area contributed by atoms with Gasteiger partial charge in [-0.3, -0.25) is 0 Å². The van der Waals surface area contributed by atoms with Crippen molar-refractivity contribution in [3.63, 3.8) is 0 Å². The Morgan fingerprint density at radius 2 is 1.96 bits per heavy atom. The van der Waals surface area contributed by atoms with Gasteiger partial charge in [-0.1, -0.05) is 45.8 Å². The van der Waals surface area contributed by atoms with Crippen LogP contribution in [-0.2, 0) is 0 Å². The smallest absolute Gasteiger partial charge is 0.120 e. The van der Waals surface area contributed by atoms with E-state index in [1.54, 1.807) is 6.07 Å². The summed E-state index contributed by atoms with van der Waals surface area (Å²) in [4.78, 5) is 0. The quantitative estimate of drug-likeness (QED) is 0.641. The van der Waals surface area contributed by atoms with Crippen LogP contribution in [0.4, 0.5) is 5.69 Å². The summed E-state index contributed by atoms with van der Waals surface area (Å²) >= 11 is 3.54. The van der Waals surface area contributed by atoms with Gasteiger partial charge in [0.1, 0.15) is 5.75 Å². The summed E-state index contributed by atoms with van der Waals surface area (Å²) in [5, 5.41) is 14.1. The van der Waals surface area contributed by atoms with Gasteiger partial charge in [0.05, 0.1) is 6.04 Å². The van der Waals surface area contributed by atoms with Crippen LogP contribution in [0.2, 0.25) is 0 Å². The van der Waals surface area contributed by atoms with Gasteiger partial charge in [-0.2, -0.15) is 0 Å². The van der Waals surface area contributed by atoms with E-state index in [1.807, 2.05) is 12.1 Å². The second-order valence-corrected chi connectivity index (χ2v) is 7.64. The number of phenolic OH excluding ortho intramolecular Hbond substituents is 1. The second kappa shape index (κ2) is 5.41. The fourth-order valence-corrected chi connectivity index (χ4v) is 4.53. The minimum Gasteiger partial charge on any atom is -0.508 e. The first-order chi connectivity index (χ1) is 11.0. The molecule has 2 aromatic rings. The number of phenols is 1. The highest BCUT2D eigenvalue weighted by molar-refractivity contribution is 9.10. The highest BCUT2D eigenvalue weighted by Crippen LogP contribution is 2.52. The molecule has 2 aliphatic rings. The average molecular weight is 370 g/mol. The molecule has 0 aromatic heterocycles. The molecule has 0 fully saturated rings. The Bertz CT molecular complexity index is 812. The van der Waals surface area contributed by atoms with E-state index in [0.29, 0.717) is 17.6 Å². The molecule has 4 rings (SSSR count). The van der Waals surface area contributed by atoms with Crippen LogP contribution in [0.25, 0.3) is 0 Å². The maximum absolute atomic E-state index is 10.4. The number of hydrogen-bond acceptors (Lipinski definition) is 2. The number of nitrogens with one attached hydrogen (secondary N) is 1. The molecule has 2 N–H and O–H groups in total. The number of fused-ring (bicyclic) bond motifs is 3. The number of halogens is 1. The first-order valence-corrected chi connectivity index (χ1v) is 8.86. The molecule has 0 bridgehead atoms. The first kappa shape index (κ1) is 14.8. The van der Waals surface area contributed by atoms with Gasteiger partial charge >= 0.3 is 0 Å². The molecular formula is C20H20BrNO. The van der Waals surface area contributed by atoms with Crippen molar-refractivity contribution in [2.75, 3.05) is 5.32 Å². The molecule has 3 atom stereocenters. The van der Waals surface area contributed by atoms with E-state index in [-0.39, 0.29) is 6.04 Å². The number of rotatable bonds is 1. The summed E-state index contributed by atoms with van der Waals surface area (Å²) in [6, 6.07) is 10.4. The molecule has 1 heterocycles. The van der Waals surface area contributed by atoms with E-state index in [9.17, 15) is 5.11 Å². The van der Waals surface area contributed by atoms with E-state index in [1.165, 1.54) is 22.4 Å². The standard InChI is InChI=1S/C20H20BrNO/c1-11-8-12(2)19-16(9-11)14-4-3-5-15(14)20(22-19)17-10-13(21)6-7-18(17)23/h3-4,6-10,14-15,20,22-23H,5H2,1-2H3. The first-order valence-electron chi connectivity index (χ1n) is 8.07. The Labute approximate surface area is 145 Å². The monoisotopic (exact) mass is 369 g/mol. The van der Waals surface area contributed by atoms with E-state index < -0.39 is 0 Å². The minimum absolute atomic E-state index is 0.126. The molecular weight excluding hydrogens is 350 g/mol. The van der Waals surface area contributed by atoms with E-state index in [2.05, 4.69) is 59.4 Å². The molecule has 0 amide bonds. The number of benzene rings is 2. The van der Waals surface area contributed by atoms with Crippen LogP contribution < -0.4 is 5.32 Å². The number of aryl methyl sites for hydroxylation is 2. The van der Waals surface area contributed by atoms with Gasteiger partial charge in [0.15, 0.2) is 0 Å². The predicted octanol–water partition coefficient (Wildman–Crippen LogP) is 5.60. The SMILES string of the molecule is Cc1cc(C)c2c(c1)C1C=CCC1C(c1cc(Br)ccc1O)N2. The van der Waals surface area contributed by atoms with Crippen LogP contribution in [0.15, 0.2) is 47.0 Å². The van der Waals surface area contributed by atoms with E-state index in [0.717, 1.165) is 16.5 Å². The highest BCUT2D eigenvalue weighted by Gasteiger charge is 2.39. The van der Waals surface area contributed by atoms with Crippen molar-refractivity contribution in [2.24, 2.45) is 5.92 Å². The normalized spacial score (nSPS) is 24.9. The van der Waals surface area contributed by atoms with Crippen molar-refractivity contribution in [3.8, 4) is 5.75 Å². The predicted molar refractivity (Wildman–Crippen MR) is 98.1 cm³/mol. The zero-order valence-corrected chi connectivity index (χ0v) is 14.9. The molecule has 23 heavy (non-hydrogen) atoms. The molecule has 118 valence electrons. The largest absolute Gasteiger partial charge is 0.508 e. The van der Waals surface area contributed by atoms with Crippen LogP contribution in [0.5, 0.6) is 5.75 Å². The molecule has 2 aromatic carbocycles. The zero-order chi connectivity index (χ0) is 16.1. The van der Waals surface area contributed by atoms with Gasteiger partial charge in [-0.05, 0) is 55.5 Å². The van der Waals surface area contributed by atoms with Gasteiger partial charge < -0.3 is 10.4 Å². The Morgan fingerprint density at radius 1 is 1.13 bits per heavy atom. The third kappa shape index (κ3) is 2.38. The molecule has 0 saturated heterocycles. The van der Waals surface area contributed by atoms with Crippen LogP contribution in [0.3, 0.4) is 0 Å². The topological polar surface area (TPSA) is 32.3 Å². The molecule has 3 unspecified atom stereocenters. The Kier molecular flexibility index (Phi) is 3.49. The van der Waals surface area contributed by atoms with Crippen molar-refractivity contribution >= 4 is 21.6 Å². The number of allylic oxidation sites excluding steroid dienone is 2. The molecule has 1 aliphatic heterocycles. The van der Waals surface area contributed by atoms with Crippen LogP contribution in [0.1, 0.15) is 40.6 Å². The summed E-state index contributed by atoms with van der Waals surface area (Å²) in [7, 11) is 0. The number of hydrogen-bond donors (Lipinski definition) is 2. The van der Waals surface area contributed by atoms with Crippen LogP contribution >= 0.6 is 15.9 Å². The molecule has 2 nitrogen and oxygen atoms in total. The molecule has 1 aliphatic carbocycles. The third-order valence-corrected chi connectivity index (χ3v) is 5.63. The molecule has 0 spiro atoms. The average Bonchev–Trinajstić information content (AvgIpc) is 2.99. The van der Waals surface area contributed by atoms with E-state index in [4.69, 9.17) is 0 Å². The van der Waals surface area contributed by atoms with Crippen molar-refractivity contribution < 1.29 is 5.11 Å². The lowest BCUT2D eigenvalue weighted by molar-refractivity contribution is 0.402. The van der Waals surface area contributed by atoms with Gasteiger partial charge in [-0.15, -0.1) is 0 Å².